The van der Waals surface area contributed by atoms with E-state index in [1.54, 1.807) is 19.1 Å². The van der Waals surface area contributed by atoms with Crippen LogP contribution in [0.2, 0.25) is 0 Å². The Kier molecular flexibility index (Phi) is 5.10. The Labute approximate surface area is 135 Å². The van der Waals surface area contributed by atoms with Gasteiger partial charge in [-0.05, 0) is 45.9 Å². The normalized spacial score (nSPS) is 15.0. The van der Waals surface area contributed by atoms with E-state index >= 15 is 0 Å². The maximum absolute atomic E-state index is 12.0. The Hall–Kier alpha value is -2.28. The molecule has 0 aliphatic heterocycles. The topological polar surface area (TPSA) is 92.3 Å². The van der Waals surface area contributed by atoms with Gasteiger partial charge in [-0.15, -0.1) is 0 Å². The Balaban J connectivity index is 1.81. The molecular weight excluding hydrogens is 296 g/mol. The molecule has 0 aliphatic carbocycles. The summed E-state index contributed by atoms with van der Waals surface area (Å²) in [4.78, 5) is 12.0. The molecule has 0 aromatic carbocycles. The number of hydrogen-bond acceptors (Lipinski definition) is 4. The van der Waals surface area contributed by atoms with E-state index in [1.165, 1.54) is 6.26 Å². The van der Waals surface area contributed by atoms with Gasteiger partial charge in [-0.2, -0.15) is 5.10 Å². The monoisotopic (exact) mass is 320 g/mol. The molecule has 2 aromatic heterocycles. The molecule has 0 aliphatic rings. The molecule has 7 nitrogen and oxygen atoms in total. The Morgan fingerprint density at radius 2 is 2.26 bits per heavy atom. The van der Waals surface area contributed by atoms with Crippen LogP contribution in [0.1, 0.15) is 31.0 Å². The number of aliphatic hydroxyl groups is 1. The number of carbonyl (C=O) groups is 1. The summed E-state index contributed by atoms with van der Waals surface area (Å²) in [5.41, 5.74) is 0.755. The molecule has 0 spiro atoms. The number of carbonyl (C=O) groups excluding carboxylic acids is 1. The first-order chi connectivity index (χ1) is 10.8. The second-order valence-electron chi connectivity index (χ2n) is 6.09. The van der Waals surface area contributed by atoms with Crippen LogP contribution in [-0.2, 0) is 12.1 Å². The van der Waals surface area contributed by atoms with Gasteiger partial charge in [0.05, 0.1) is 25.0 Å². The van der Waals surface area contributed by atoms with Gasteiger partial charge in [0, 0.05) is 11.7 Å². The van der Waals surface area contributed by atoms with Crippen LogP contribution < -0.4 is 10.6 Å². The molecule has 2 amide bonds. The minimum absolute atomic E-state index is 0.0545. The highest BCUT2D eigenvalue weighted by Crippen LogP contribution is 2.19. The van der Waals surface area contributed by atoms with Crippen molar-refractivity contribution in [2.75, 3.05) is 6.54 Å². The van der Waals surface area contributed by atoms with Crippen LogP contribution >= 0.6 is 0 Å². The number of nitrogens with one attached hydrogen (secondary N) is 2. The third kappa shape index (κ3) is 4.59. The zero-order valence-electron chi connectivity index (χ0n) is 14.0. The predicted molar refractivity (Wildman–Crippen MR) is 86.0 cm³/mol. The van der Waals surface area contributed by atoms with E-state index in [2.05, 4.69) is 15.7 Å². The van der Waals surface area contributed by atoms with Gasteiger partial charge in [-0.1, -0.05) is 0 Å². The van der Waals surface area contributed by atoms with E-state index in [0.29, 0.717) is 12.3 Å². The van der Waals surface area contributed by atoms with Gasteiger partial charge in [0.1, 0.15) is 11.4 Å². The van der Waals surface area contributed by atoms with Gasteiger partial charge < -0.3 is 20.2 Å². The minimum atomic E-state index is -1.25. The van der Waals surface area contributed by atoms with Crippen LogP contribution in [0.4, 0.5) is 4.79 Å². The van der Waals surface area contributed by atoms with Gasteiger partial charge in [-0.25, -0.2) is 4.79 Å². The lowest BCUT2D eigenvalue weighted by atomic mass is 10.0. The standard InChI is InChI=1S/C16H24N4O3/c1-11-8-13(3)20(19-11)9-12(2)18-15(21)17-10-16(4,22)14-6-5-7-23-14/h5-8,12,22H,9-10H2,1-4H3,(H2,17,18,21). The van der Waals surface area contributed by atoms with Crippen LogP contribution in [0.15, 0.2) is 28.9 Å². The second kappa shape index (κ2) is 6.87. The van der Waals surface area contributed by atoms with E-state index in [4.69, 9.17) is 4.42 Å². The molecule has 0 saturated heterocycles. The maximum Gasteiger partial charge on any atom is 0.315 e. The second-order valence-corrected chi connectivity index (χ2v) is 6.09. The minimum Gasteiger partial charge on any atom is -0.466 e. The van der Waals surface area contributed by atoms with E-state index in [9.17, 15) is 9.90 Å². The number of urea groups is 1. The van der Waals surface area contributed by atoms with E-state index in [0.717, 1.165) is 11.4 Å². The van der Waals surface area contributed by atoms with Gasteiger partial charge in [0.15, 0.2) is 0 Å². The summed E-state index contributed by atoms with van der Waals surface area (Å²) in [6.45, 7) is 8.05. The van der Waals surface area contributed by atoms with Crippen LogP contribution in [0.5, 0.6) is 0 Å². The zero-order valence-corrected chi connectivity index (χ0v) is 14.0. The molecular formula is C16H24N4O3. The third-order valence-electron chi connectivity index (χ3n) is 3.57. The SMILES string of the molecule is Cc1cc(C)n(CC(C)NC(=O)NCC(C)(O)c2ccco2)n1. The quantitative estimate of drug-likeness (QED) is 0.755. The van der Waals surface area contributed by atoms with Crippen molar-refractivity contribution in [2.45, 2.75) is 45.9 Å². The summed E-state index contributed by atoms with van der Waals surface area (Å²) in [6.07, 6.45) is 1.49. The lowest BCUT2D eigenvalue weighted by molar-refractivity contribution is 0.0366. The van der Waals surface area contributed by atoms with Gasteiger partial charge in [0.2, 0.25) is 0 Å². The smallest absolute Gasteiger partial charge is 0.315 e. The highest BCUT2D eigenvalue weighted by atomic mass is 16.4. The van der Waals surface area contributed by atoms with E-state index in [1.807, 2.05) is 31.5 Å². The molecule has 2 rings (SSSR count). The summed E-state index contributed by atoms with van der Waals surface area (Å²) >= 11 is 0. The average molecular weight is 320 g/mol. The van der Waals surface area contributed by atoms with Crippen molar-refractivity contribution in [2.24, 2.45) is 0 Å². The van der Waals surface area contributed by atoms with Crippen LogP contribution in [-0.4, -0.2) is 33.5 Å². The molecule has 0 radical (unpaired) electrons. The lowest BCUT2D eigenvalue weighted by Crippen LogP contribution is -2.47. The fourth-order valence-electron chi connectivity index (χ4n) is 2.36. The first kappa shape index (κ1) is 17.1. The van der Waals surface area contributed by atoms with Crippen molar-refractivity contribution < 1.29 is 14.3 Å². The predicted octanol–water partition coefficient (Wildman–Crippen LogP) is 1.69. The number of nitrogens with zero attached hydrogens (tertiary/aromatic N) is 2. The molecule has 0 saturated carbocycles. The summed E-state index contributed by atoms with van der Waals surface area (Å²) in [5.74, 6) is 0.411. The maximum atomic E-state index is 12.0. The average Bonchev–Trinajstić information content (AvgIpc) is 3.08. The molecule has 0 bridgehead atoms. The number of furan rings is 1. The molecule has 3 N–H and O–H groups in total. The van der Waals surface area contributed by atoms with Crippen LogP contribution in [0.3, 0.4) is 0 Å². The number of rotatable bonds is 6. The molecule has 2 atom stereocenters. The molecule has 0 fully saturated rings. The third-order valence-corrected chi connectivity index (χ3v) is 3.57. The summed E-state index contributed by atoms with van der Waals surface area (Å²) in [5, 5.41) is 20.1. The fraction of sp³-hybridized carbons (Fsp3) is 0.500. The van der Waals surface area contributed by atoms with Gasteiger partial charge >= 0.3 is 6.03 Å². The summed E-state index contributed by atoms with van der Waals surface area (Å²) in [7, 11) is 0. The van der Waals surface area contributed by atoms with Crippen molar-refractivity contribution in [3.8, 4) is 0 Å². The van der Waals surface area contributed by atoms with Crippen molar-refractivity contribution >= 4 is 6.03 Å². The molecule has 7 heteroatoms. The number of aryl methyl sites for hydroxylation is 2. The Morgan fingerprint density at radius 3 is 2.83 bits per heavy atom. The number of hydrogen-bond donors (Lipinski definition) is 3. The van der Waals surface area contributed by atoms with Crippen molar-refractivity contribution in [1.29, 1.82) is 0 Å². The highest BCUT2D eigenvalue weighted by Gasteiger charge is 2.26. The molecule has 2 unspecified atom stereocenters. The van der Waals surface area contributed by atoms with Crippen LogP contribution in [0.25, 0.3) is 0 Å². The molecule has 126 valence electrons. The number of aromatic nitrogens is 2. The van der Waals surface area contributed by atoms with Gasteiger partial charge in [-0.3, -0.25) is 4.68 Å². The van der Waals surface area contributed by atoms with Crippen molar-refractivity contribution in [1.82, 2.24) is 20.4 Å². The van der Waals surface area contributed by atoms with Crippen molar-refractivity contribution in [3.05, 3.63) is 41.6 Å². The molecule has 2 aromatic rings. The zero-order chi connectivity index (χ0) is 17.0. The van der Waals surface area contributed by atoms with Gasteiger partial charge in [0.25, 0.3) is 0 Å². The van der Waals surface area contributed by atoms with Crippen molar-refractivity contribution in [3.63, 3.8) is 0 Å². The fourth-order valence-corrected chi connectivity index (χ4v) is 2.36. The Bertz CT molecular complexity index is 646. The summed E-state index contributed by atoms with van der Waals surface area (Å²) in [6, 6.07) is 4.92. The largest absolute Gasteiger partial charge is 0.466 e. The first-order valence-electron chi connectivity index (χ1n) is 7.60. The van der Waals surface area contributed by atoms with Crippen LogP contribution in [0, 0.1) is 13.8 Å². The summed E-state index contributed by atoms with van der Waals surface area (Å²) < 4.78 is 7.03. The number of amides is 2. The molecule has 2 heterocycles. The lowest BCUT2D eigenvalue weighted by Gasteiger charge is -2.22. The first-order valence-corrected chi connectivity index (χ1v) is 7.60. The highest BCUT2D eigenvalue weighted by molar-refractivity contribution is 5.74. The molecule has 23 heavy (non-hydrogen) atoms. The van der Waals surface area contributed by atoms with E-state index < -0.39 is 5.60 Å². The van der Waals surface area contributed by atoms with E-state index in [-0.39, 0.29) is 18.6 Å². The Morgan fingerprint density at radius 1 is 1.52 bits per heavy atom.